The first kappa shape index (κ1) is 29.6. The van der Waals surface area contributed by atoms with Crippen molar-refractivity contribution in [2.24, 2.45) is 0 Å². The molecule has 1 heterocycles. The summed E-state index contributed by atoms with van der Waals surface area (Å²) >= 11 is 0. The molecule has 47 heavy (non-hydrogen) atoms. The molecule has 0 aromatic heterocycles. The fraction of sp³-hybridized carbons (Fsp3) is 0.0732. The number of rotatable bonds is 6. The number of carbonyl (C=O) groups is 2. The van der Waals surface area contributed by atoms with Gasteiger partial charge in [0, 0.05) is 0 Å². The predicted octanol–water partition coefficient (Wildman–Crippen LogP) is 9.29. The number of hydrogen-bond donors (Lipinski definition) is 0. The van der Waals surface area contributed by atoms with Crippen LogP contribution in [0.15, 0.2) is 146 Å². The fourth-order valence-corrected chi connectivity index (χ4v) is 5.54. The van der Waals surface area contributed by atoms with Crippen molar-refractivity contribution >= 4 is 11.9 Å². The average molecular weight is 619 g/mol. The molecule has 0 saturated carbocycles. The first-order valence-corrected chi connectivity index (χ1v) is 15.3. The summed E-state index contributed by atoms with van der Waals surface area (Å²) in [5.41, 5.74) is 5.75. The van der Waals surface area contributed by atoms with Gasteiger partial charge >= 0.3 is 11.9 Å². The summed E-state index contributed by atoms with van der Waals surface area (Å²) in [6, 6.07) is 44.9. The van der Waals surface area contributed by atoms with Gasteiger partial charge in [-0.15, -0.1) is 0 Å². The summed E-state index contributed by atoms with van der Waals surface area (Å²) in [5, 5.41) is 0. The van der Waals surface area contributed by atoms with Crippen molar-refractivity contribution in [3.05, 3.63) is 157 Å². The van der Waals surface area contributed by atoms with E-state index in [9.17, 15) is 9.59 Å². The van der Waals surface area contributed by atoms with E-state index < -0.39 is 11.9 Å². The molecule has 0 N–H and O–H groups in total. The molecule has 6 heteroatoms. The van der Waals surface area contributed by atoms with Gasteiger partial charge in [-0.3, -0.25) is 0 Å². The SMILES string of the molecule is C[C@@H]1COc2cccc(OC(=O)c3ccc(-c4ccccc4)cc3)c2-c2c(OC(=O)c3ccc(-c4ccccc4)cc3)cccc2O1. The quantitative estimate of drug-likeness (QED) is 0.137. The van der Waals surface area contributed by atoms with E-state index >= 15 is 0 Å². The van der Waals surface area contributed by atoms with Gasteiger partial charge in [0.2, 0.25) is 0 Å². The summed E-state index contributed by atoms with van der Waals surface area (Å²) in [7, 11) is 0. The third-order valence-corrected chi connectivity index (χ3v) is 7.89. The molecular weight excluding hydrogens is 588 g/mol. The molecule has 6 aromatic carbocycles. The standard InChI is InChI=1S/C41H30O6/c1-27-26-44-34-14-8-16-36(46-40(42)32-22-18-30(19-23-32)28-10-4-2-5-11-28)38(34)39-35(45-27)15-9-17-37(39)47-41(43)33-24-20-31(21-25-33)29-12-6-3-7-13-29/h2-25,27H,26H2,1H3/t27-/m1/s1. The summed E-state index contributed by atoms with van der Waals surface area (Å²) in [5.74, 6) is 0.362. The Labute approximate surface area is 272 Å². The zero-order chi connectivity index (χ0) is 32.2. The van der Waals surface area contributed by atoms with Gasteiger partial charge < -0.3 is 18.9 Å². The van der Waals surface area contributed by atoms with Gasteiger partial charge in [0.05, 0.1) is 22.3 Å². The minimum absolute atomic E-state index is 0.245. The molecule has 230 valence electrons. The van der Waals surface area contributed by atoms with Gasteiger partial charge in [-0.05, 0) is 77.7 Å². The minimum Gasteiger partial charge on any atom is -0.489 e. The highest BCUT2D eigenvalue weighted by atomic mass is 16.6. The topological polar surface area (TPSA) is 71.1 Å². The van der Waals surface area contributed by atoms with Crippen LogP contribution in [0.25, 0.3) is 33.4 Å². The minimum atomic E-state index is -0.538. The Morgan fingerprint density at radius 2 is 0.936 bits per heavy atom. The van der Waals surface area contributed by atoms with E-state index in [0.29, 0.717) is 33.8 Å². The predicted molar refractivity (Wildman–Crippen MR) is 181 cm³/mol. The van der Waals surface area contributed by atoms with Crippen LogP contribution in [0.2, 0.25) is 0 Å². The Hall–Kier alpha value is -6.14. The zero-order valence-electron chi connectivity index (χ0n) is 25.6. The van der Waals surface area contributed by atoms with E-state index in [4.69, 9.17) is 18.9 Å². The lowest BCUT2D eigenvalue weighted by Gasteiger charge is -2.26. The molecule has 0 bridgehead atoms. The fourth-order valence-electron chi connectivity index (χ4n) is 5.54. The Kier molecular flexibility index (Phi) is 8.22. The van der Waals surface area contributed by atoms with Gasteiger partial charge in [-0.1, -0.05) is 97.1 Å². The molecule has 0 spiro atoms. The van der Waals surface area contributed by atoms with E-state index in [1.807, 2.05) is 91.9 Å². The molecule has 1 aliphatic rings. The molecule has 0 saturated heterocycles. The number of hydrogen-bond acceptors (Lipinski definition) is 6. The van der Waals surface area contributed by atoms with E-state index in [1.54, 1.807) is 60.7 Å². The zero-order valence-corrected chi connectivity index (χ0v) is 25.6. The summed E-state index contributed by atoms with van der Waals surface area (Å²) in [6.45, 7) is 2.16. The number of esters is 2. The maximum absolute atomic E-state index is 13.5. The molecule has 6 nitrogen and oxygen atoms in total. The van der Waals surface area contributed by atoms with Crippen molar-refractivity contribution in [1.29, 1.82) is 0 Å². The van der Waals surface area contributed by atoms with Crippen molar-refractivity contribution in [2.45, 2.75) is 13.0 Å². The normalized spacial score (nSPS) is 13.4. The van der Waals surface area contributed by atoms with Gasteiger partial charge in [0.15, 0.2) is 0 Å². The first-order chi connectivity index (χ1) is 23.0. The van der Waals surface area contributed by atoms with Gasteiger partial charge in [0.1, 0.15) is 35.7 Å². The lowest BCUT2D eigenvalue weighted by molar-refractivity contribution is 0.0720. The van der Waals surface area contributed by atoms with E-state index in [0.717, 1.165) is 22.3 Å². The second-order valence-electron chi connectivity index (χ2n) is 11.2. The Balaban J connectivity index is 1.21. The molecule has 0 fully saturated rings. The second kappa shape index (κ2) is 13.1. The summed E-state index contributed by atoms with van der Waals surface area (Å²) < 4.78 is 24.4. The highest BCUT2D eigenvalue weighted by molar-refractivity contribution is 5.96. The van der Waals surface area contributed by atoms with Crippen LogP contribution < -0.4 is 18.9 Å². The Morgan fingerprint density at radius 1 is 0.511 bits per heavy atom. The third kappa shape index (κ3) is 6.35. The van der Waals surface area contributed by atoms with Crippen LogP contribution in [-0.4, -0.2) is 24.6 Å². The first-order valence-electron chi connectivity index (χ1n) is 15.3. The van der Waals surface area contributed by atoms with Crippen molar-refractivity contribution in [3.8, 4) is 56.4 Å². The monoisotopic (exact) mass is 618 g/mol. The molecule has 7 rings (SSSR count). The van der Waals surface area contributed by atoms with Crippen LogP contribution >= 0.6 is 0 Å². The van der Waals surface area contributed by atoms with Crippen LogP contribution in [0.3, 0.4) is 0 Å². The lowest BCUT2D eigenvalue weighted by Crippen LogP contribution is -2.23. The molecular formula is C41H30O6. The van der Waals surface area contributed by atoms with Crippen molar-refractivity contribution in [2.75, 3.05) is 6.61 Å². The van der Waals surface area contributed by atoms with E-state index in [1.165, 1.54) is 0 Å². The molecule has 6 aromatic rings. The summed E-state index contributed by atoms with van der Waals surface area (Å²) in [4.78, 5) is 26.9. The number of ether oxygens (including phenoxy) is 4. The largest absolute Gasteiger partial charge is 0.489 e. The van der Waals surface area contributed by atoms with Gasteiger partial charge in [-0.2, -0.15) is 0 Å². The highest BCUT2D eigenvalue weighted by Crippen LogP contribution is 2.49. The number of benzene rings is 6. The van der Waals surface area contributed by atoms with Crippen LogP contribution in [0.1, 0.15) is 27.6 Å². The van der Waals surface area contributed by atoms with Gasteiger partial charge in [0.25, 0.3) is 0 Å². The molecule has 0 aliphatic carbocycles. The maximum atomic E-state index is 13.5. The maximum Gasteiger partial charge on any atom is 0.343 e. The smallest absolute Gasteiger partial charge is 0.343 e. The summed E-state index contributed by atoms with van der Waals surface area (Å²) in [6.07, 6.45) is -0.298. The molecule has 0 radical (unpaired) electrons. The van der Waals surface area contributed by atoms with Crippen LogP contribution in [0, 0.1) is 0 Å². The molecule has 1 aliphatic heterocycles. The van der Waals surface area contributed by atoms with E-state index in [-0.39, 0.29) is 24.2 Å². The second-order valence-corrected chi connectivity index (χ2v) is 11.2. The van der Waals surface area contributed by atoms with Crippen LogP contribution in [0.5, 0.6) is 23.0 Å². The number of fused-ring (bicyclic) bond motifs is 3. The van der Waals surface area contributed by atoms with E-state index in [2.05, 4.69) is 0 Å². The van der Waals surface area contributed by atoms with Crippen molar-refractivity contribution < 1.29 is 28.5 Å². The molecule has 0 unspecified atom stereocenters. The Morgan fingerprint density at radius 3 is 1.43 bits per heavy atom. The molecule has 0 amide bonds. The third-order valence-electron chi connectivity index (χ3n) is 7.89. The van der Waals surface area contributed by atoms with Crippen LogP contribution in [-0.2, 0) is 0 Å². The number of carbonyl (C=O) groups excluding carboxylic acids is 2. The van der Waals surface area contributed by atoms with Gasteiger partial charge in [-0.25, -0.2) is 9.59 Å². The average Bonchev–Trinajstić information content (AvgIpc) is 3.11. The lowest BCUT2D eigenvalue weighted by atomic mass is 10.00. The van der Waals surface area contributed by atoms with Crippen molar-refractivity contribution in [1.82, 2.24) is 0 Å². The van der Waals surface area contributed by atoms with Crippen molar-refractivity contribution in [3.63, 3.8) is 0 Å². The molecule has 1 atom stereocenters. The van der Waals surface area contributed by atoms with Crippen LogP contribution in [0.4, 0.5) is 0 Å². The highest BCUT2D eigenvalue weighted by Gasteiger charge is 2.28. The Bertz CT molecular complexity index is 2040.